The molecule has 0 aliphatic carbocycles. The van der Waals surface area contributed by atoms with E-state index in [9.17, 15) is 28.2 Å². The Bertz CT molecular complexity index is 800. The SMILES string of the molecule is O=C([O-])C[C@H](NS(=O)(=O)c1cccc2nsnc12)C(=O)[O-]. The number of nitrogens with one attached hydrogen (secondary N) is 1. The standard InChI is InChI=1S/C10H9N3O6S2/c14-8(15)4-6(10(16)17)13-21(18,19)7-3-1-2-5-9(7)12-20-11-5/h1-3,6,13H,4H2,(H,14,15)(H,16,17)/p-2/t6-/m0/s1. The smallest absolute Gasteiger partial charge is 0.243 e. The van der Waals surface area contributed by atoms with Gasteiger partial charge in [0.1, 0.15) is 15.9 Å². The largest absolute Gasteiger partial charge is 0.550 e. The molecule has 0 aliphatic rings. The molecular formula is C10H7N3O6S2-2. The van der Waals surface area contributed by atoms with E-state index < -0.39 is 34.4 Å². The molecule has 0 saturated heterocycles. The van der Waals surface area contributed by atoms with Crippen LogP contribution in [0.1, 0.15) is 6.42 Å². The molecule has 0 spiro atoms. The van der Waals surface area contributed by atoms with E-state index in [1.807, 2.05) is 0 Å². The van der Waals surface area contributed by atoms with Crippen molar-refractivity contribution in [3.8, 4) is 0 Å². The third-order valence-electron chi connectivity index (χ3n) is 2.49. The van der Waals surface area contributed by atoms with Crippen LogP contribution in [0.15, 0.2) is 23.1 Å². The second-order valence-electron chi connectivity index (χ2n) is 3.96. The van der Waals surface area contributed by atoms with Crippen molar-refractivity contribution in [1.82, 2.24) is 13.5 Å². The van der Waals surface area contributed by atoms with Crippen molar-refractivity contribution in [1.29, 1.82) is 0 Å². The normalized spacial score (nSPS) is 13.1. The summed E-state index contributed by atoms with van der Waals surface area (Å²) >= 11 is 0.794. The van der Waals surface area contributed by atoms with Crippen molar-refractivity contribution < 1.29 is 28.2 Å². The summed E-state index contributed by atoms with van der Waals surface area (Å²) < 4.78 is 33.8. The number of carboxylic acid groups (broad SMARTS) is 2. The van der Waals surface area contributed by atoms with Gasteiger partial charge in [-0.05, 0) is 12.1 Å². The molecule has 0 aliphatic heterocycles. The van der Waals surface area contributed by atoms with Crippen LogP contribution in [0.5, 0.6) is 0 Å². The third-order valence-corrected chi connectivity index (χ3v) is 4.54. The van der Waals surface area contributed by atoms with E-state index in [-0.39, 0.29) is 10.4 Å². The van der Waals surface area contributed by atoms with Gasteiger partial charge in [0.25, 0.3) is 0 Å². The molecule has 2 aromatic rings. The summed E-state index contributed by atoms with van der Waals surface area (Å²) in [4.78, 5) is 21.0. The Morgan fingerprint density at radius 3 is 2.62 bits per heavy atom. The Labute approximate surface area is 122 Å². The van der Waals surface area contributed by atoms with Gasteiger partial charge in [-0.3, -0.25) is 0 Å². The molecule has 11 heteroatoms. The Balaban J connectivity index is 2.39. The quantitative estimate of drug-likeness (QED) is 0.597. The minimum atomic E-state index is -4.30. The summed E-state index contributed by atoms with van der Waals surface area (Å²) in [5.74, 6) is -3.59. The molecule has 0 unspecified atom stereocenters. The van der Waals surface area contributed by atoms with Crippen LogP contribution in [0, 0.1) is 0 Å². The van der Waals surface area contributed by atoms with E-state index in [2.05, 4.69) is 8.75 Å². The lowest BCUT2D eigenvalue weighted by Gasteiger charge is -2.20. The van der Waals surface area contributed by atoms with E-state index in [1.54, 1.807) is 4.72 Å². The topological polar surface area (TPSA) is 152 Å². The van der Waals surface area contributed by atoms with Crippen LogP contribution in [0.25, 0.3) is 11.0 Å². The maximum atomic E-state index is 12.2. The van der Waals surface area contributed by atoms with Crippen LogP contribution in [0.4, 0.5) is 0 Å². The summed E-state index contributed by atoms with van der Waals surface area (Å²) in [5, 5.41) is 21.3. The van der Waals surface area contributed by atoms with E-state index in [0.717, 1.165) is 11.7 Å². The van der Waals surface area contributed by atoms with Gasteiger partial charge in [0, 0.05) is 12.4 Å². The van der Waals surface area contributed by atoms with Crippen LogP contribution in [-0.2, 0) is 19.6 Å². The highest BCUT2D eigenvalue weighted by Gasteiger charge is 2.24. The first-order chi connectivity index (χ1) is 9.81. The zero-order valence-corrected chi connectivity index (χ0v) is 11.8. The van der Waals surface area contributed by atoms with E-state index in [1.165, 1.54) is 18.2 Å². The lowest BCUT2D eigenvalue weighted by molar-refractivity contribution is -0.317. The molecule has 2 rings (SSSR count). The number of hydrogen-bond acceptors (Lipinski definition) is 9. The number of fused-ring (bicyclic) bond motifs is 1. The van der Waals surface area contributed by atoms with Crippen molar-refractivity contribution in [2.45, 2.75) is 17.4 Å². The van der Waals surface area contributed by atoms with Crippen LogP contribution in [0.3, 0.4) is 0 Å². The molecule has 112 valence electrons. The lowest BCUT2D eigenvalue weighted by atomic mass is 10.2. The Kier molecular flexibility index (Phi) is 4.16. The van der Waals surface area contributed by atoms with Crippen LogP contribution >= 0.6 is 11.7 Å². The van der Waals surface area contributed by atoms with Gasteiger partial charge in [0.15, 0.2) is 0 Å². The maximum Gasteiger partial charge on any atom is 0.243 e. The van der Waals surface area contributed by atoms with Crippen molar-refractivity contribution in [3.05, 3.63) is 18.2 Å². The van der Waals surface area contributed by atoms with E-state index in [0.29, 0.717) is 5.52 Å². The fourth-order valence-corrected chi connectivity index (χ4v) is 3.54. The van der Waals surface area contributed by atoms with Gasteiger partial charge in [0.05, 0.1) is 23.7 Å². The summed E-state index contributed by atoms with van der Waals surface area (Å²) in [6, 6.07) is 2.21. The molecule has 1 atom stereocenters. The highest BCUT2D eigenvalue weighted by atomic mass is 32.2. The average molecular weight is 329 g/mol. The monoisotopic (exact) mass is 329 g/mol. The first-order valence-corrected chi connectivity index (χ1v) is 7.67. The number of aromatic nitrogens is 2. The first-order valence-electron chi connectivity index (χ1n) is 5.45. The average Bonchev–Trinajstić information content (AvgIpc) is 2.84. The first kappa shape index (κ1) is 15.3. The van der Waals surface area contributed by atoms with Gasteiger partial charge < -0.3 is 19.8 Å². The zero-order valence-electron chi connectivity index (χ0n) is 10.2. The molecule has 0 fully saturated rings. The van der Waals surface area contributed by atoms with Gasteiger partial charge in [-0.25, -0.2) is 13.1 Å². The fraction of sp³-hybridized carbons (Fsp3) is 0.200. The predicted octanol–water partition coefficient (Wildman–Crippen LogP) is -2.77. The van der Waals surface area contributed by atoms with Crippen molar-refractivity contribution in [2.75, 3.05) is 0 Å². The van der Waals surface area contributed by atoms with E-state index in [4.69, 9.17) is 0 Å². The van der Waals surface area contributed by atoms with Gasteiger partial charge in [-0.15, -0.1) is 0 Å². The van der Waals surface area contributed by atoms with Crippen LogP contribution in [-0.4, -0.2) is 35.1 Å². The summed E-state index contributed by atoms with van der Waals surface area (Å²) in [5.41, 5.74) is 0.397. The molecule has 1 N–H and O–H groups in total. The minimum Gasteiger partial charge on any atom is -0.550 e. The number of aliphatic carboxylic acids is 2. The van der Waals surface area contributed by atoms with Gasteiger partial charge in [0.2, 0.25) is 10.0 Å². The van der Waals surface area contributed by atoms with Crippen molar-refractivity contribution in [2.24, 2.45) is 0 Å². The molecule has 9 nitrogen and oxygen atoms in total. The molecule has 0 saturated carbocycles. The Morgan fingerprint density at radius 2 is 2.00 bits per heavy atom. The molecular weight excluding hydrogens is 322 g/mol. The number of hydrogen-bond donors (Lipinski definition) is 1. The highest BCUT2D eigenvalue weighted by Crippen LogP contribution is 2.21. The fourth-order valence-electron chi connectivity index (χ4n) is 1.59. The maximum absolute atomic E-state index is 12.2. The number of sulfonamides is 1. The molecule has 1 aromatic carbocycles. The Morgan fingerprint density at radius 1 is 1.29 bits per heavy atom. The number of carbonyl (C=O) groups excluding carboxylic acids is 2. The number of benzene rings is 1. The molecule has 0 radical (unpaired) electrons. The number of rotatable bonds is 6. The zero-order chi connectivity index (χ0) is 15.6. The molecule has 21 heavy (non-hydrogen) atoms. The summed E-state index contributed by atoms with van der Waals surface area (Å²) in [6.07, 6.45) is -1.05. The van der Waals surface area contributed by atoms with Crippen molar-refractivity contribution >= 4 is 44.7 Å². The molecule has 1 heterocycles. The minimum absolute atomic E-state index is 0.0700. The van der Waals surface area contributed by atoms with Crippen LogP contribution in [0.2, 0.25) is 0 Å². The summed E-state index contributed by atoms with van der Waals surface area (Å²) in [6.45, 7) is 0. The molecule has 1 aromatic heterocycles. The van der Waals surface area contributed by atoms with Gasteiger partial charge in [-0.2, -0.15) is 8.75 Å². The molecule has 0 amide bonds. The molecule has 0 bridgehead atoms. The third kappa shape index (κ3) is 3.32. The lowest BCUT2D eigenvalue weighted by Crippen LogP contribution is -2.50. The number of carboxylic acids is 2. The number of nitrogens with zero attached hydrogens (tertiary/aromatic N) is 2. The van der Waals surface area contributed by atoms with Crippen LogP contribution < -0.4 is 14.9 Å². The number of carbonyl (C=O) groups is 2. The summed E-state index contributed by atoms with van der Waals surface area (Å²) in [7, 11) is -4.30. The second-order valence-corrected chi connectivity index (χ2v) is 6.17. The Hall–Kier alpha value is -2.11. The van der Waals surface area contributed by atoms with E-state index >= 15 is 0 Å². The van der Waals surface area contributed by atoms with Gasteiger partial charge >= 0.3 is 0 Å². The second kappa shape index (κ2) is 5.71. The highest BCUT2D eigenvalue weighted by molar-refractivity contribution is 7.89. The predicted molar refractivity (Wildman–Crippen MR) is 66.2 cm³/mol. The van der Waals surface area contributed by atoms with Crippen molar-refractivity contribution in [3.63, 3.8) is 0 Å². The van der Waals surface area contributed by atoms with Gasteiger partial charge in [-0.1, -0.05) is 6.07 Å².